The van der Waals surface area contributed by atoms with Crippen molar-refractivity contribution in [3.63, 3.8) is 0 Å². The fourth-order valence-electron chi connectivity index (χ4n) is 3.07. The number of hydrogen-bond donors (Lipinski definition) is 3. The fourth-order valence-corrected chi connectivity index (χ4v) is 3.07. The van der Waals surface area contributed by atoms with Gasteiger partial charge in [0.2, 0.25) is 0 Å². The number of rotatable bonds is 3. The van der Waals surface area contributed by atoms with E-state index in [4.69, 9.17) is 5.73 Å². The first kappa shape index (κ1) is 14.6. The Balaban J connectivity index is 1.74. The van der Waals surface area contributed by atoms with Gasteiger partial charge >= 0.3 is 0 Å². The number of amides is 1. The van der Waals surface area contributed by atoms with Crippen molar-refractivity contribution in [3.05, 3.63) is 48.0 Å². The lowest BCUT2D eigenvalue weighted by Gasteiger charge is -2.40. The van der Waals surface area contributed by atoms with Crippen LogP contribution in [-0.4, -0.2) is 40.0 Å². The largest absolute Gasteiger partial charge is 0.367 e. The summed E-state index contributed by atoms with van der Waals surface area (Å²) in [5.74, 6) is -0.197. The molecular formula is C17H18N6O. The Morgan fingerprint density at radius 2 is 2.25 bits per heavy atom. The predicted molar refractivity (Wildman–Crippen MR) is 93.2 cm³/mol. The van der Waals surface area contributed by atoms with Crippen LogP contribution in [0.5, 0.6) is 0 Å². The number of carbonyl (C=O) groups excluding carboxylic acids is 1. The number of H-pyrrole nitrogens is 1. The van der Waals surface area contributed by atoms with Gasteiger partial charge in [0.25, 0.3) is 5.91 Å². The molecule has 7 nitrogen and oxygen atoms in total. The van der Waals surface area contributed by atoms with E-state index < -0.39 is 0 Å². The molecule has 0 atom stereocenters. The van der Waals surface area contributed by atoms with Crippen LogP contribution in [0.1, 0.15) is 15.9 Å². The van der Waals surface area contributed by atoms with Crippen molar-refractivity contribution in [1.82, 2.24) is 15.0 Å². The molecule has 3 aromatic heterocycles. The molecule has 0 radical (unpaired) electrons. The highest BCUT2D eigenvalue weighted by atomic mass is 16.1. The molecule has 0 spiro atoms. The first-order valence-corrected chi connectivity index (χ1v) is 7.82. The van der Waals surface area contributed by atoms with Crippen molar-refractivity contribution in [3.8, 4) is 0 Å². The maximum absolute atomic E-state index is 12.4. The summed E-state index contributed by atoms with van der Waals surface area (Å²) in [7, 11) is 0. The van der Waals surface area contributed by atoms with E-state index in [9.17, 15) is 4.79 Å². The molecule has 1 aliphatic heterocycles. The van der Waals surface area contributed by atoms with E-state index in [2.05, 4.69) is 25.2 Å². The molecule has 3 aromatic rings. The number of anilines is 2. The Morgan fingerprint density at radius 3 is 2.96 bits per heavy atom. The molecule has 4 heterocycles. The molecule has 0 aromatic carbocycles. The van der Waals surface area contributed by atoms with Gasteiger partial charge in [0.15, 0.2) is 0 Å². The van der Waals surface area contributed by atoms with Crippen molar-refractivity contribution < 1.29 is 4.79 Å². The number of carbonyl (C=O) groups is 1. The van der Waals surface area contributed by atoms with Crippen LogP contribution in [-0.2, 0) is 0 Å². The second-order valence-corrected chi connectivity index (χ2v) is 6.08. The minimum Gasteiger partial charge on any atom is -0.367 e. The highest BCUT2D eigenvalue weighted by Crippen LogP contribution is 2.36. The molecule has 122 valence electrons. The Bertz CT molecular complexity index is 898. The average Bonchev–Trinajstić information content (AvgIpc) is 2.96. The molecule has 1 saturated heterocycles. The normalized spacial score (nSPS) is 14.7. The third kappa shape index (κ3) is 2.39. The quantitative estimate of drug-likeness (QED) is 0.681. The number of nitrogens with two attached hydrogens (primary N) is 1. The van der Waals surface area contributed by atoms with E-state index in [0.29, 0.717) is 11.3 Å². The van der Waals surface area contributed by atoms with E-state index in [1.165, 1.54) is 0 Å². The highest BCUT2D eigenvalue weighted by Gasteiger charge is 2.28. The maximum atomic E-state index is 12.4. The van der Waals surface area contributed by atoms with Gasteiger partial charge in [-0.05, 0) is 24.6 Å². The van der Waals surface area contributed by atoms with Gasteiger partial charge in [-0.3, -0.25) is 9.78 Å². The maximum Gasteiger partial charge on any atom is 0.257 e. The van der Waals surface area contributed by atoms with Crippen LogP contribution < -0.4 is 16.0 Å². The van der Waals surface area contributed by atoms with Gasteiger partial charge in [-0.25, -0.2) is 4.98 Å². The minimum absolute atomic E-state index is 0.194. The molecule has 4 N–H and O–H groups in total. The first-order chi connectivity index (χ1) is 11.6. The minimum atomic E-state index is -0.197. The zero-order chi connectivity index (χ0) is 16.7. The van der Waals surface area contributed by atoms with Gasteiger partial charge in [-0.1, -0.05) is 0 Å². The van der Waals surface area contributed by atoms with Gasteiger partial charge in [0.05, 0.1) is 22.3 Å². The Kier molecular flexibility index (Phi) is 3.42. The highest BCUT2D eigenvalue weighted by molar-refractivity contribution is 6.11. The zero-order valence-corrected chi connectivity index (χ0v) is 13.3. The summed E-state index contributed by atoms with van der Waals surface area (Å²) in [4.78, 5) is 26.2. The Hall–Kier alpha value is -2.93. The molecule has 1 fully saturated rings. The fraction of sp³-hybridized carbons (Fsp3) is 0.235. The predicted octanol–water partition coefficient (Wildman–Crippen LogP) is 1.67. The number of fused-ring (bicyclic) bond motifs is 1. The zero-order valence-electron chi connectivity index (χ0n) is 13.3. The summed E-state index contributed by atoms with van der Waals surface area (Å²) >= 11 is 0. The number of aromatic nitrogens is 3. The summed E-state index contributed by atoms with van der Waals surface area (Å²) in [6.07, 6.45) is 6.79. The van der Waals surface area contributed by atoms with Crippen LogP contribution in [0.15, 0.2) is 36.9 Å². The van der Waals surface area contributed by atoms with Gasteiger partial charge in [0, 0.05) is 43.9 Å². The summed E-state index contributed by atoms with van der Waals surface area (Å²) < 4.78 is 0. The smallest absolute Gasteiger partial charge is 0.257 e. The third-order valence-electron chi connectivity index (χ3n) is 4.25. The van der Waals surface area contributed by atoms with E-state index in [1.54, 1.807) is 30.7 Å². The number of aromatic amines is 1. The lowest BCUT2D eigenvalue weighted by Crippen LogP contribution is -2.56. The second kappa shape index (κ2) is 5.61. The van der Waals surface area contributed by atoms with Gasteiger partial charge in [-0.2, -0.15) is 0 Å². The second-order valence-electron chi connectivity index (χ2n) is 6.08. The van der Waals surface area contributed by atoms with Crippen LogP contribution in [0, 0.1) is 6.92 Å². The van der Waals surface area contributed by atoms with Crippen molar-refractivity contribution >= 4 is 28.3 Å². The third-order valence-corrected chi connectivity index (χ3v) is 4.25. The molecule has 24 heavy (non-hydrogen) atoms. The number of nitrogens with zero attached hydrogens (tertiary/aromatic N) is 3. The van der Waals surface area contributed by atoms with E-state index in [-0.39, 0.29) is 11.9 Å². The molecule has 1 amide bonds. The van der Waals surface area contributed by atoms with Crippen LogP contribution >= 0.6 is 0 Å². The van der Waals surface area contributed by atoms with Crippen molar-refractivity contribution in [1.29, 1.82) is 0 Å². The Labute approximate surface area is 138 Å². The average molecular weight is 322 g/mol. The van der Waals surface area contributed by atoms with E-state index in [1.807, 2.05) is 13.1 Å². The lowest BCUT2D eigenvalue weighted by molar-refractivity contribution is 0.102. The summed E-state index contributed by atoms with van der Waals surface area (Å²) in [5, 5.41) is 3.87. The Morgan fingerprint density at radius 1 is 1.42 bits per heavy atom. The van der Waals surface area contributed by atoms with Crippen molar-refractivity contribution in [2.45, 2.75) is 13.0 Å². The van der Waals surface area contributed by atoms with E-state index >= 15 is 0 Å². The van der Waals surface area contributed by atoms with Crippen LogP contribution in [0.3, 0.4) is 0 Å². The summed E-state index contributed by atoms with van der Waals surface area (Å²) in [6, 6.07) is 3.67. The summed E-state index contributed by atoms with van der Waals surface area (Å²) in [6.45, 7) is 3.63. The van der Waals surface area contributed by atoms with Crippen LogP contribution in [0.4, 0.5) is 11.4 Å². The van der Waals surface area contributed by atoms with Gasteiger partial charge in [-0.15, -0.1) is 0 Å². The lowest BCUT2D eigenvalue weighted by atomic mass is 10.0. The van der Waals surface area contributed by atoms with Crippen molar-refractivity contribution in [2.24, 2.45) is 5.73 Å². The van der Waals surface area contributed by atoms with Crippen molar-refractivity contribution in [2.75, 3.05) is 23.3 Å². The number of aryl methyl sites for hydroxylation is 1. The topological polar surface area (TPSA) is 99.9 Å². The SMILES string of the molecule is Cc1cnc2[nH]cc(NC(=O)c3cccnc3)c2c1N1CC(N)C1. The molecule has 7 heteroatoms. The standard InChI is InChI=1S/C17H18N6O/c1-10-5-20-16-14(15(10)23-8-12(18)9-23)13(7-21-16)22-17(24)11-3-2-4-19-6-11/h2-7,12H,8-9,18H2,1H3,(H,20,21)(H,22,24). The molecular weight excluding hydrogens is 304 g/mol. The molecule has 0 saturated carbocycles. The first-order valence-electron chi connectivity index (χ1n) is 7.82. The molecule has 0 bridgehead atoms. The van der Waals surface area contributed by atoms with E-state index in [0.717, 1.165) is 35.4 Å². The van der Waals surface area contributed by atoms with Crippen LogP contribution in [0.25, 0.3) is 11.0 Å². The van der Waals surface area contributed by atoms with Crippen LogP contribution in [0.2, 0.25) is 0 Å². The molecule has 1 aliphatic rings. The number of hydrogen-bond acceptors (Lipinski definition) is 5. The molecule has 0 aliphatic carbocycles. The summed E-state index contributed by atoms with van der Waals surface area (Å²) in [5.41, 5.74) is 10.0. The molecule has 0 unspecified atom stereocenters. The molecule has 4 rings (SSSR count). The number of nitrogens with one attached hydrogen (secondary N) is 2. The monoisotopic (exact) mass is 322 g/mol. The van der Waals surface area contributed by atoms with Gasteiger partial charge < -0.3 is 20.9 Å². The van der Waals surface area contributed by atoms with Gasteiger partial charge in [0.1, 0.15) is 5.65 Å². The number of pyridine rings is 2.